The van der Waals surface area contributed by atoms with Gasteiger partial charge in [0, 0.05) is 12.6 Å². The Morgan fingerprint density at radius 3 is 2.68 bits per heavy atom. The van der Waals surface area contributed by atoms with Gasteiger partial charge in [-0.1, -0.05) is 44.4 Å². The van der Waals surface area contributed by atoms with Crippen LogP contribution in [0.4, 0.5) is 14.7 Å². The molecule has 0 aromatic carbocycles. The summed E-state index contributed by atoms with van der Waals surface area (Å²) >= 11 is 2.31. The van der Waals surface area contributed by atoms with Gasteiger partial charge in [0.15, 0.2) is 5.13 Å². The van der Waals surface area contributed by atoms with E-state index in [2.05, 4.69) is 29.5 Å². The first-order chi connectivity index (χ1) is 13.3. The number of carbonyl (C=O) groups excluding carboxylic acids is 2. The minimum atomic E-state index is -0.916. The normalized spacial score (nSPS) is 14.7. The van der Waals surface area contributed by atoms with Gasteiger partial charge in [-0.05, 0) is 25.2 Å². The van der Waals surface area contributed by atoms with E-state index in [-0.39, 0.29) is 17.8 Å². The summed E-state index contributed by atoms with van der Waals surface area (Å²) in [6.45, 7) is 4.87. The fourth-order valence-corrected chi connectivity index (χ4v) is 4.64. The van der Waals surface area contributed by atoms with E-state index in [1.165, 1.54) is 24.0 Å². The molecule has 1 aliphatic carbocycles. The van der Waals surface area contributed by atoms with E-state index in [1.54, 1.807) is 4.90 Å². The average Bonchev–Trinajstić information content (AvgIpc) is 3.08. The molecule has 3 N–H and O–H groups in total. The van der Waals surface area contributed by atoms with Gasteiger partial charge in [0.05, 0.1) is 16.2 Å². The zero-order valence-corrected chi connectivity index (χ0v) is 17.9. The van der Waals surface area contributed by atoms with Crippen molar-refractivity contribution in [2.45, 2.75) is 62.6 Å². The molecule has 156 valence electrons. The monoisotopic (exact) mass is 428 g/mol. The first-order valence-electron chi connectivity index (χ1n) is 9.54. The zero-order valence-electron chi connectivity index (χ0n) is 16.3. The summed E-state index contributed by atoms with van der Waals surface area (Å²) in [4.78, 5) is 41.4. The van der Waals surface area contributed by atoms with Gasteiger partial charge in [0.1, 0.15) is 0 Å². The van der Waals surface area contributed by atoms with Crippen molar-refractivity contribution in [3.05, 3.63) is 6.20 Å². The van der Waals surface area contributed by atoms with Crippen molar-refractivity contribution >= 4 is 46.3 Å². The minimum absolute atomic E-state index is 0.0709. The molecular formula is C18H28N4O4S2. The number of aromatic nitrogens is 1. The summed E-state index contributed by atoms with van der Waals surface area (Å²) in [5.74, 6) is -0.511. The molecule has 0 saturated heterocycles. The van der Waals surface area contributed by atoms with Gasteiger partial charge in [-0.2, -0.15) is 0 Å². The van der Waals surface area contributed by atoms with Crippen LogP contribution < -0.4 is 10.6 Å². The number of amides is 4. The number of imide groups is 1. The fourth-order valence-electron chi connectivity index (χ4n) is 3.05. The van der Waals surface area contributed by atoms with Crippen LogP contribution in [0, 0.1) is 5.92 Å². The number of rotatable bonds is 8. The molecular weight excluding hydrogens is 400 g/mol. The van der Waals surface area contributed by atoms with E-state index >= 15 is 0 Å². The Labute approximate surface area is 173 Å². The van der Waals surface area contributed by atoms with Gasteiger partial charge in [0.25, 0.3) is 0 Å². The number of thiazole rings is 1. The average molecular weight is 429 g/mol. The van der Waals surface area contributed by atoms with E-state index in [0.29, 0.717) is 21.8 Å². The van der Waals surface area contributed by atoms with Crippen LogP contribution in [-0.4, -0.2) is 51.4 Å². The van der Waals surface area contributed by atoms with E-state index in [1.807, 2.05) is 0 Å². The molecule has 0 bridgehead atoms. The highest BCUT2D eigenvalue weighted by Crippen LogP contribution is 2.28. The molecule has 1 aromatic heterocycles. The Bertz CT molecular complexity index is 674. The molecule has 0 spiro atoms. The molecule has 0 atom stereocenters. The molecule has 10 heteroatoms. The van der Waals surface area contributed by atoms with E-state index in [9.17, 15) is 14.4 Å². The van der Waals surface area contributed by atoms with Crippen molar-refractivity contribution in [3.8, 4) is 0 Å². The molecule has 1 aliphatic rings. The Kier molecular flexibility index (Phi) is 9.04. The second-order valence-electron chi connectivity index (χ2n) is 7.22. The number of hydrogen-bond donors (Lipinski definition) is 3. The Morgan fingerprint density at radius 2 is 2.04 bits per heavy atom. The highest BCUT2D eigenvalue weighted by molar-refractivity contribution is 8.01. The van der Waals surface area contributed by atoms with Crippen LogP contribution in [0.5, 0.6) is 0 Å². The number of hydrogen-bond acceptors (Lipinski definition) is 6. The molecule has 1 aromatic rings. The molecule has 1 heterocycles. The summed E-state index contributed by atoms with van der Waals surface area (Å²) < 4.78 is 0.685. The number of urea groups is 2. The third-order valence-corrected chi connectivity index (χ3v) is 6.58. The summed E-state index contributed by atoms with van der Waals surface area (Å²) in [5, 5.41) is 14.0. The molecule has 8 nitrogen and oxygen atoms in total. The molecule has 1 saturated carbocycles. The number of carbonyl (C=O) groups is 3. The molecule has 28 heavy (non-hydrogen) atoms. The van der Waals surface area contributed by atoms with Crippen molar-refractivity contribution in [3.63, 3.8) is 0 Å². The SMILES string of the molecule is CC(C)CCN(C(=O)NC(=O)Nc1ncc(SCC(=O)O)s1)C1CCCCC1. The summed E-state index contributed by atoms with van der Waals surface area (Å²) in [6.07, 6.45) is 7.77. The topological polar surface area (TPSA) is 112 Å². The quantitative estimate of drug-likeness (QED) is 0.534. The Morgan fingerprint density at radius 1 is 1.32 bits per heavy atom. The second kappa shape index (κ2) is 11.3. The fraction of sp³-hybridized carbons (Fsp3) is 0.667. The maximum absolute atomic E-state index is 12.7. The lowest BCUT2D eigenvalue weighted by Gasteiger charge is -2.34. The minimum Gasteiger partial charge on any atom is -0.481 e. The highest BCUT2D eigenvalue weighted by atomic mass is 32.2. The van der Waals surface area contributed by atoms with Gasteiger partial charge in [-0.3, -0.25) is 15.4 Å². The standard InChI is InChI=1S/C18H28N4O4S2/c1-12(2)8-9-22(13-6-4-3-5-7-13)18(26)21-16(25)20-17-19-10-15(28-17)27-11-14(23)24/h10,12-13H,3-9,11H2,1-2H3,(H,23,24)(H2,19,20,21,25,26). The van der Waals surface area contributed by atoms with Gasteiger partial charge in [0.2, 0.25) is 0 Å². The molecule has 2 rings (SSSR count). The molecule has 1 fully saturated rings. The van der Waals surface area contributed by atoms with Crippen molar-refractivity contribution in [2.75, 3.05) is 17.6 Å². The number of nitrogens with zero attached hydrogens (tertiary/aromatic N) is 2. The first kappa shape index (κ1) is 22.5. The highest BCUT2D eigenvalue weighted by Gasteiger charge is 2.26. The van der Waals surface area contributed by atoms with E-state index < -0.39 is 12.0 Å². The lowest BCUT2D eigenvalue weighted by Crippen LogP contribution is -2.50. The Balaban J connectivity index is 1.90. The van der Waals surface area contributed by atoms with Crippen LogP contribution >= 0.6 is 23.1 Å². The number of anilines is 1. The van der Waals surface area contributed by atoms with Crippen molar-refractivity contribution in [2.24, 2.45) is 5.92 Å². The predicted molar refractivity (Wildman–Crippen MR) is 111 cm³/mol. The Hall–Kier alpha value is -1.81. The maximum atomic E-state index is 12.7. The van der Waals surface area contributed by atoms with Crippen molar-refractivity contribution in [1.29, 1.82) is 0 Å². The second-order valence-corrected chi connectivity index (χ2v) is 9.53. The van der Waals surface area contributed by atoms with E-state index in [0.717, 1.165) is 43.9 Å². The van der Waals surface area contributed by atoms with Gasteiger partial charge in [-0.25, -0.2) is 14.6 Å². The van der Waals surface area contributed by atoms with E-state index in [4.69, 9.17) is 5.11 Å². The third kappa shape index (κ3) is 7.67. The molecule has 0 radical (unpaired) electrons. The summed E-state index contributed by atoms with van der Waals surface area (Å²) in [5.41, 5.74) is 0. The van der Waals surface area contributed by atoms with Crippen LogP contribution in [0.15, 0.2) is 10.4 Å². The lowest BCUT2D eigenvalue weighted by molar-refractivity contribution is -0.133. The maximum Gasteiger partial charge on any atom is 0.329 e. The largest absolute Gasteiger partial charge is 0.481 e. The number of carboxylic acids is 1. The smallest absolute Gasteiger partial charge is 0.329 e. The van der Waals surface area contributed by atoms with Crippen molar-refractivity contribution in [1.82, 2.24) is 15.2 Å². The number of nitrogens with one attached hydrogen (secondary N) is 2. The molecule has 4 amide bonds. The van der Waals surface area contributed by atoms with Crippen LogP contribution in [0.2, 0.25) is 0 Å². The molecule has 0 aliphatic heterocycles. The lowest BCUT2D eigenvalue weighted by atomic mass is 9.94. The number of thioether (sulfide) groups is 1. The summed E-state index contributed by atoms with van der Waals surface area (Å²) in [6, 6.07) is -0.819. The van der Waals surface area contributed by atoms with Crippen LogP contribution in [0.3, 0.4) is 0 Å². The third-order valence-electron chi connectivity index (χ3n) is 4.49. The summed E-state index contributed by atoms with van der Waals surface area (Å²) in [7, 11) is 0. The number of carboxylic acid groups (broad SMARTS) is 1. The van der Waals surface area contributed by atoms with Gasteiger partial charge < -0.3 is 10.0 Å². The van der Waals surface area contributed by atoms with Crippen LogP contribution in [-0.2, 0) is 4.79 Å². The zero-order chi connectivity index (χ0) is 20.5. The van der Waals surface area contributed by atoms with Crippen molar-refractivity contribution < 1.29 is 19.5 Å². The van der Waals surface area contributed by atoms with Gasteiger partial charge >= 0.3 is 18.0 Å². The van der Waals surface area contributed by atoms with Crippen LogP contribution in [0.1, 0.15) is 52.4 Å². The van der Waals surface area contributed by atoms with Gasteiger partial charge in [-0.15, -0.1) is 11.8 Å². The predicted octanol–water partition coefficient (Wildman–Crippen LogP) is 4.24. The number of aliphatic carboxylic acids is 1. The van der Waals surface area contributed by atoms with Crippen LogP contribution in [0.25, 0.3) is 0 Å². The molecule has 0 unspecified atom stereocenters. The first-order valence-corrected chi connectivity index (χ1v) is 11.3.